The Labute approximate surface area is 126 Å². The lowest BCUT2D eigenvalue weighted by atomic mass is 10.0. The van der Waals surface area contributed by atoms with Gasteiger partial charge in [-0.25, -0.2) is 4.98 Å². The number of halogens is 1. The van der Waals surface area contributed by atoms with Crippen molar-refractivity contribution in [1.29, 1.82) is 0 Å². The van der Waals surface area contributed by atoms with E-state index in [-0.39, 0.29) is 5.78 Å². The predicted molar refractivity (Wildman–Crippen MR) is 82.4 cm³/mol. The van der Waals surface area contributed by atoms with Gasteiger partial charge in [-0.1, -0.05) is 12.1 Å². The molecule has 98 valence electrons. The third kappa shape index (κ3) is 2.73. The Hall–Kier alpha value is -1.17. The van der Waals surface area contributed by atoms with Crippen LogP contribution in [0.1, 0.15) is 34.6 Å². The zero-order valence-corrected chi connectivity index (χ0v) is 12.8. The lowest BCUT2D eigenvalue weighted by Gasteiger charge is -2.13. The molecule has 19 heavy (non-hydrogen) atoms. The van der Waals surface area contributed by atoms with E-state index in [2.05, 4.69) is 27.6 Å². The molecule has 1 aromatic carbocycles. The molecule has 0 unspecified atom stereocenters. The molecule has 0 fully saturated rings. The van der Waals surface area contributed by atoms with Crippen molar-refractivity contribution in [2.45, 2.75) is 32.2 Å². The Bertz CT molecular complexity index is 601. The van der Waals surface area contributed by atoms with E-state index in [0.29, 0.717) is 6.54 Å². The van der Waals surface area contributed by atoms with Gasteiger partial charge in [0.2, 0.25) is 0 Å². The highest BCUT2D eigenvalue weighted by atomic mass is 127. The van der Waals surface area contributed by atoms with E-state index >= 15 is 0 Å². The van der Waals surface area contributed by atoms with E-state index in [9.17, 15) is 4.79 Å². The van der Waals surface area contributed by atoms with Crippen LogP contribution in [0.5, 0.6) is 0 Å². The molecule has 1 heterocycles. The Morgan fingerprint density at radius 2 is 1.95 bits per heavy atom. The van der Waals surface area contributed by atoms with Crippen LogP contribution in [0.2, 0.25) is 0 Å². The highest BCUT2D eigenvalue weighted by Gasteiger charge is 2.17. The number of aryl methyl sites for hydroxylation is 1. The molecule has 0 spiro atoms. The fraction of sp³-hybridized carbons (Fsp3) is 0.333. The maximum Gasteiger partial charge on any atom is 0.182 e. The Kier molecular flexibility index (Phi) is 3.68. The highest BCUT2D eigenvalue weighted by Crippen LogP contribution is 2.20. The predicted octanol–water partition coefficient (Wildman–Crippen LogP) is 3.25. The number of carbonyl (C=O) groups excluding carboxylic acids is 1. The summed E-state index contributed by atoms with van der Waals surface area (Å²) in [6.07, 6.45) is 6.35. The van der Waals surface area contributed by atoms with Crippen LogP contribution in [-0.2, 0) is 19.4 Å². The van der Waals surface area contributed by atoms with Crippen molar-refractivity contribution in [3.8, 4) is 0 Å². The van der Waals surface area contributed by atoms with Crippen LogP contribution >= 0.6 is 22.6 Å². The van der Waals surface area contributed by atoms with E-state index < -0.39 is 0 Å². The number of ketones is 1. The summed E-state index contributed by atoms with van der Waals surface area (Å²) in [6.45, 7) is 0.406. The van der Waals surface area contributed by atoms with Crippen molar-refractivity contribution in [3.05, 3.63) is 51.1 Å². The molecule has 0 saturated heterocycles. The van der Waals surface area contributed by atoms with Crippen molar-refractivity contribution in [3.63, 3.8) is 0 Å². The fourth-order valence-electron chi connectivity index (χ4n) is 2.55. The number of fused-ring (bicyclic) bond motifs is 1. The summed E-state index contributed by atoms with van der Waals surface area (Å²) in [5.41, 5.74) is 3.21. The van der Waals surface area contributed by atoms with E-state index in [0.717, 1.165) is 22.0 Å². The Morgan fingerprint density at radius 3 is 2.74 bits per heavy atom. The van der Waals surface area contributed by atoms with Crippen LogP contribution in [0.4, 0.5) is 0 Å². The van der Waals surface area contributed by atoms with Crippen molar-refractivity contribution >= 4 is 28.4 Å². The van der Waals surface area contributed by atoms with Gasteiger partial charge in [0.05, 0.1) is 18.6 Å². The summed E-state index contributed by atoms with van der Waals surface area (Å²) in [4.78, 5) is 16.7. The van der Waals surface area contributed by atoms with Gasteiger partial charge in [-0.05, 0) is 60.4 Å². The molecule has 0 saturated carbocycles. The average molecular weight is 366 g/mol. The first-order chi connectivity index (χ1) is 9.24. The fourth-order valence-corrected chi connectivity index (χ4v) is 2.91. The average Bonchev–Trinajstić information content (AvgIpc) is 2.83. The number of carbonyl (C=O) groups is 1. The van der Waals surface area contributed by atoms with Crippen LogP contribution in [-0.4, -0.2) is 15.3 Å². The smallest absolute Gasteiger partial charge is 0.182 e. The van der Waals surface area contributed by atoms with Gasteiger partial charge in [0, 0.05) is 14.8 Å². The van der Waals surface area contributed by atoms with Crippen molar-refractivity contribution in [2.75, 3.05) is 0 Å². The third-order valence-electron chi connectivity index (χ3n) is 3.59. The Balaban J connectivity index is 1.79. The molecule has 1 aliphatic carbocycles. The molecule has 0 bridgehead atoms. The number of Topliss-reactive ketones (excluding diaryl/α,β-unsaturated/α-hetero) is 1. The van der Waals surface area contributed by atoms with Crippen LogP contribution < -0.4 is 0 Å². The largest absolute Gasteiger partial charge is 0.327 e. The van der Waals surface area contributed by atoms with Gasteiger partial charge in [0.15, 0.2) is 5.78 Å². The SMILES string of the molecule is O=C(Cn1cnc2c1CCCC2)c1ccc(I)cc1. The number of benzene rings is 1. The molecule has 0 amide bonds. The van der Waals surface area contributed by atoms with Crippen LogP contribution in [0.15, 0.2) is 30.6 Å². The molecule has 2 aromatic rings. The third-order valence-corrected chi connectivity index (χ3v) is 4.31. The standard InChI is InChI=1S/C15H15IN2O/c16-12-7-5-11(6-8-12)15(19)9-18-10-17-13-3-1-2-4-14(13)18/h5-8,10H,1-4,9H2. The summed E-state index contributed by atoms with van der Waals surface area (Å²) >= 11 is 2.24. The molecule has 0 N–H and O–H groups in total. The molecule has 3 rings (SSSR count). The summed E-state index contributed by atoms with van der Waals surface area (Å²) in [7, 11) is 0. The molecular formula is C15H15IN2O. The van der Waals surface area contributed by atoms with Gasteiger partial charge in [0.1, 0.15) is 0 Å². The number of nitrogens with zero attached hydrogens (tertiary/aromatic N) is 2. The molecule has 4 heteroatoms. The van der Waals surface area contributed by atoms with Crippen molar-refractivity contribution < 1.29 is 4.79 Å². The number of hydrogen-bond acceptors (Lipinski definition) is 2. The molecule has 0 radical (unpaired) electrons. The van der Waals surface area contributed by atoms with Gasteiger partial charge >= 0.3 is 0 Å². The van der Waals surface area contributed by atoms with E-state index in [1.807, 2.05) is 35.2 Å². The molecule has 0 aliphatic heterocycles. The molecule has 1 aliphatic rings. The van der Waals surface area contributed by atoms with Crippen molar-refractivity contribution in [2.24, 2.45) is 0 Å². The minimum atomic E-state index is 0.155. The molecular weight excluding hydrogens is 351 g/mol. The first-order valence-electron chi connectivity index (χ1n) is 6.55. The molecule has 3 nitrogen and oxygen atoms in total. The highest BCUT2D eigenvalue weighted by molar-refractivity contribution is 14.1. The number of imidazole rings is 1. The topological polar surface area (TPSA) is 34.9 Å². The number of rotatable bonds is 3. The second kappa shape index (κ2) is 5.45. The zero-order chi connectivity index (χ0) is 13.2. The molecule has 0 atom stereocenters. The first kappa shape index (κ1) is 12.8. The quantitative estimate of drug-likeness (QED) is 0.618. The maximum atomic E-state index is 12.3. The zero-order valence-electron chi connectivity index (χ0n) is 10.6. The van der Waals surface area contributed by atoms with Crippen LogP contribution in [0.3, 0.4) is 0 Å². The van der Waals surface area contributed by atoms with Gasteiger partial charge < -0.3 is 4.57 Å². The van der Waals surface area contributed by atoms with Crippen molar-refractivity contribution in [1.82, 2.24) is 9.55 Å². The molecule has 1 aromatic heterocycles. The van der Waals surface area contributed by atoms with E-state index in [4.69, 9.17) is 0 Å². The van der Waals surface area contributed by atoms with E-state index in [1.54, 1.807) is 0 Å². The van der Waals surface area contributed by atoms with Crippen LogP contribution in [0.25, 0.3) is 0 Å². The van der Waals surface area contributed by atoms with Gasteiger partial charge in [-0.2, -0.15) is 0 Å². The normalized spacial score (nSPS) is 14.2. The minimum Gasteiger partial charge on any atom is -0.327 e. The summed E-state index contributed by atoms with van der Waals surface area (Å²) < 4.78 is 3.17. The maximum absolute atomic E-state index is 12.3. The van der Waals surface area contributed by atoms with E-state index in [1.165, 1.54) is 24.2 Å². The first-order valence-corrected chi connectivity index (χ1v) is 7.63. The summed E-state index contributed by atoms with van der Waals surface area (Å²) in [5, 5.41) is 0. The summed E-state index contributed by atoms with van der Waals surface area (Å²) in [6, 6.07) is 7.73. The second-order valence-electron chi connectivity index (χ2n) is 4.90. The van der Waals surface area contributed by atoms with Gasteiger partial charge in [-0.3, -0.25) is 4.79 Å². The lowest BCUT2D eigenvalue weighted by Crippen LogP contribution is -2.14. The Morgan fingerprint density at radius 1 is 1.21 bits per heavy atom. The second-order valence-corrected chi connectivity index (χ2v) is 6.15. The van der Waals surface area contributed by atoms with Crippen LogP contribution in [0, 0.1) is 3.57 Å². The summed E-state index contributed by atoms with van der Waals surface area (Å²) in [5.74, 6) is 0.155. The van der Waals surface area contributed by atoms with Gasteiger partial charge in [0.25, 0.3) is 0 Å². The monoisotopic (exact) mass is 366 g/mol. The number of aromatic nitrogens is 2. The number of hydrogen-bond donors (Lipinski definition) is 0. The lowest BCUT2D eigenvalue weighted by molar-refractivity contribution is 0.0971. The minimum absolute atomic E-state index is 0.155. The van der Waals surface area contributed by atoms with Gasteiger partial charge in [-0.15, -0.1) is 0 Å².